The van der Waals surface area contributed by atoms with Gasteiger partial charge >= 0.3 is 15.4 Å². The fraction of sp³-hybridized carbons (Fsp3) is 0.545. The maximum Gasteiger partial charge on any atom is 0.327 e. The van der Waals surface area contributed by atoms with Gasteiger partial charge in [-0.3, -0.25) is 28.0 Å². The molecule has 0 aliphatic carbocycles. The summed E-state index contributed by atoms with van der Waals surface area (Å²) >= 11 is 9.49. The van der Waals surface area contributed by atoms with Gasteiger partial charge in [0.05, 0.1) is 32.0 Å². The van der Waals surface area contributed by atoms with E-state index in [9.17, 15) is 19.4 Å². The topological polar surface area (TPSA) is 263 Å². The van der Waals surface area contributed by atoms with Gasteiger partial charge < -0.3 is 35.5 Å². The van der Waals surface area contributed by atoms with Crippen LogP contribution < -0.4 is 17.0 Å². The van der Waals surface area contributed by atoms with Gasteiger partial charge in [-0.2, -0.15) is 17.6 Å². The van der Waals surface area contributed by atoms with E-state index in [1.165, 1.54) is 28.1 Å². The SMILES string of the molecule is Nc1nc2c(ncn2[C@@H]2O[C@H](COP(O)(=S)O[C@H]3[C@@H](F)[C@H](n4cnc5c(N)ncnc54)O[C@@H]3COP=O)[C@@H](O)[C@H]2CCS)c(=O)[nH]1. The van der Waals surface area contributed by atoms with Crippen molar-refractivity contribution in [1.82, 2.24) is 39.0 Å². The first-order valence-corrected chi connectivity index (χ1v) is 17.5. The zero-order valence-electron chi connectivity index (χ0n) is 23.3. The molecule has 19 nitrogen and oxygen atoms in total. The lowest BCUT2D eigenvalue weighted by Crippen LogP contribution is -2.34. The number of nitrogens with two attached hydrogens (primary N) is 2. The number of rotatable bonds is 12. The van der Waals surface area contributed by atoms with E-state index < -0.39 is 83.1 Å². The number of anilines is 2. The number of ether oxygens (including phenoxy) is 2. The van der Waals surface area contributed by atoms with Crippen molar-refractivity contribution in [2.45, 2.75) is 49.5 Å². The van der Waals surface area contributed by atoms with Gasteiger partial charge in [-0.15, -0.1) is 0 Å². The number of nitrogens with zero attached hydrogens (tertiary/aromatic N) is 7. The van der Waals surface area contributed by atoms with Gasteiger partial charge in [0, 0.05) is 5.92 Å². The van der Waals surface area contributed by atoms with Crippen LogP contribution in [0.2, 0.25) is 0 Å². The van der Waals surface area contributed by atoms with Crippen LogP contribution in [0.5, 0.6) is 0 Å². The third kappa shape index (κ3) is 6.27. The fourth-order valence-electron chi connectivity index (χ4n) is 5.50. The predicted molar refractivity (Wildman–Crippen MR) is 164 cm³/mol. The summed E-state index contributed by atoms with van der Waals surface area (Å²) in [6.45, 7) is -5.11. The average molecular weight is 721 g/mol. The number of nitrogen functional groups attached to an aromatic ring is 2. The van der Waals surface area contributed by atoms with Crippen molar-refractivity contribution < 1.29 is 42.0 Å². The van der Waals surface area contributed by atoms with E-state index in [-0.39, 0.29) is 34.1 Å². The number of nitrogens with one attached hydrogen (secondary N) is 1. The van der Waals surface area contributed by atoms with Crippen LogP contribution in [0.4, 0.5) is 16.2 Å². The van der Waals surface area contributed by atoms with Crippen molar-refractivity contribution in [2.24, 2.45) is 5.92 Å². The smallest absolute Gasteiger partial charge is 0.327 e. The van der Waals surface area contributed by atoms with Crippen molar-refractivity contribution >= 4 is 73.9 Å². The Morgan fingerprint density at radius 3 is 2.57 bits per heavy atom. The van der Waals surface area contributed by atoms with Crippen molar-refractivity contribution in [3.8, 4) is 0 Å². The monoisotopic (exact) mass is 720 g/mol. The minimum atomic E-state index is -4.25. The molecule has 9 atom stereocenters. The van der Waals surface area contributed by atoms with Crippen LogP contribution in [-0.2, 0) is 39.4 Å². The fourth-order valence-corrected chi connectivity index (χ4v) is 7.44. The summed E-state index contributed by atoms with van der Waals surface area (Å²) in [5.74, 6) is -0.266. The van der Waals surface area contributed by atoms with E-state index in [1.807, 2.05) is 0 Å². The van der Waals surface area contributed by atoms with Gasteiger partial charge in [0.15, 0.2) is 35.0 Å². The highest BCUT2D eigenvalue weighted by molar-refractivity contribution is 8.07. The van der Waals surface area contributed by atoms with Crippen LogP contribution in [0, 0.1) is 5.92 Å². The Morgan fingerprint density at radius 1 is 1.11 bits per heavy atom. The third-order valence-electron chi connectivity index (χ3n) is 7.56. The predicted octanol–water partition coefficient (Wildman–Crippen LogP) is 0.396. The molecular weight excluding hydrogens is 693 g/mol. The number of alkyl halides is 1. The number of fused-ring (bicyclic) bond motifs is 2. The molecule has 1 unspecified atom stereocenters. The summed E-state index contributed by atoms with van der Waals surface area (Å²) in [5, 5.41) is 11.2. The molecule has 248 valence electrons. The minimum absolute atomic E-state index is 0.0170. The number of thiol groups is 1. The quantitative estimate of drug-likeness (QED) is 0.0854. The summed E-state index contributed by atoms with van der Waals surface area (Å²) in [5.41, 5.74) is 11.5. The summed E-state index contributed by atoms with van der Waals surface area (Å²) in [7, 11) is -0.699. The molecule has 0 aromatic carbocycles. The maximum absolute atomic E-state index is 16.0. The molecule has 46 heavy (non-hydrogen) atoms. The molecule has 7 N–H and O–H groups in total. The number of hydrogen-bond acceptors (Lipinski definition) is 17. The second-order valence-corrected chi connectivity index (χ2v) is 13.9. The van der Waals surface area contributed by atoms with Gasteiger partial charge in [0.2, 0.25) is 5.95 Å². The normalized spacial score (nSPS) is 29.7. The first kappa shape index (κ1) is 33.2. The highest BCUT2D eigenvalue weighted by Crippen LogP contribution is 2.51. The highest BCUT2D eigenvalue weighted by Gasteiger charge is 2.51. The van der Waals surface area contributed by atoms with Crippen LogP contribution in [0.15, 0.2) is 23.8 Å². The summed E-state index contributed by atoms with van der Waals surface area (Å²) in [6, 6.07) is 0. The summed E-state index contributed by atoms with van der Waals surface area (Å²) in [6.07, 6.45) is -5.05. The number of aromatic nitrogens is 8. The second-order valence-electron chi connectivity index (χ2n) is 10.3. The van der Waals surface area contributed by atoms with E-state index in [4.69, 9.17) is 46.3 Å². The van der Waals surface area contributed by atoms with Crippen LogP contribution in [0.1, 0.15) is 18.9 Å². The molecule has 0 radical (unpaired) electrons. The van der Waals surface area contributed by atoms with Crippen molar-refractivity contribution in [3.63, 3.8) is 0 Å². The van der Waals surface area contributed by atoms with Crippen LogP contribution in [0.25, 0.3) is 22.3 Å². The molecule has 0 amide bonds. The van der Waals surface area contributed by atoms with Crippen molar-refractivity contribution in [3.05, 3.63) is 29.3 Å². The van der Waals surface area contributed by atoms with E-state index in [0.29, 0.717) is 12.2 Å². The molecule has 24 heteroatoms. The molecule has 4 aromatic rings. The van der Waals surface area contributed by atoms with Gasteiger partial charge in [0.1, 0.15) is 36.4 Å². The van der Waals surface area contributed by atoms with Gasteiger partial charge in [-0.1, -0.05) is 0 Å². The first-order valence-electron chi connectivity index (χ1n) is 13.5. The molecule has 2 aliphatic heterocycles. The summed E-state index contributed by atoms with van der Waals surface area (Å²) < 4.78 is 57.6. The standard InChI is InChI=1S/C22H27FN10O9P2S2/c23-11-15(10(3-38-43-36)41-21(11)32-6-28-12-16(24)26-5-27-17(12)32)42-44(37,46)39-4-9-14(34)8(1-2-45)20(40-9)33-7-29-13-18(33)30-22(25)31-19(13)35/h5-11,14-15,20-21,34,45H,1-4H2,(H,37,46)(H2,24,26,27)(H3,25,30,31,35)/t8-,9-,10-,11-,14+,15-,20-,21-,44?/m1/s1. The Bertz CT molecular complexity index is 1850. The number of aromatic amines is 1. The van der Waals surface area contributed by atoms with E-state index in [0.717, 1.165) is 0 Å². The average Bonchev–Trinajstić information content (AvgIpc) is 3.77. The largest absolute Gasteiger partial charge is 0.390 e. The van der Waals surface area contributed by atoms with Gasteiger partial charge in [-0.25, -0.2) is 28.9 Å². The van der Waals surface area contributed by atoms with Gasteiger partial charge in [0.25, 0.3) is 5.56 Å². The third-order valence-corrected chi connectivity index (χ3v) is 9.64. The number of aliphatic hydroxyl groups excluding tert-OH is 1. The Kier molecular flexibility index (Phi) is 9.66. The van der Waals surface area contributed by atoms with Crippen LogP contribution >= 0.6 is 28.0 Å². The maximum atomic E-state index is 16.0. The molecular formula is C22H27FN10O9P2S2. The Morgan fingerprint density at radius 2 is 1.83 bits per heavy atom. The number of aliphatic hydroxyl groups is 1. The summed E-state index contributed by atoms with van der Waals surface area (Å²) in [4.78, 5) is 46.0. The Hall–Kier alpha value is -2.75. The number of halogens is 1. The molecule has 0 saturated carbocycles. The number of H-pyrrole nitrogens is 1. The first-order chi connectivity index (χ1) is 22.0. The number of imidazole rings is 2. The van der Waals surface area contributed by atoms with E-state index in [2.05, 4.69) is 42.5 Å². The lowest BCUT2D eigenvalue weighted by atomic mass is 9.97. The van der Waals surface area contributed by atoms with Crippen molar-refractivity contribution in [1.29, 1.82) is 0 Å². The molecule has 2 aliphatic rings. The van der Waals surface area contributed by atoms with Crippen LogP contribution in [-0.4, -0.2) is 98.6 Å². The zero-order chi connectivity index (χ0) is 32.7. The minimum Gasteiger partial charge on any atom is -0.390 e. The Balaban J connectivity index is 1.18. The molecule has 0 bridgehead atoms. The molecule has 6 rings (SSSR count). The molecule has 2 fully saturated rings. The molecule has 6 heterocycles. The second kappa shape index (κ2) is 13.4. The highest BCUT2D eigenvalue weighted by atomic mass is 32.5. The van der Waals surface area contributed by atoms with Crippen LogP contribution in [0.3, 0.4) is 0 Å². The molecule has 2 saturated heterocycles. The Labute approximate surface area is 269 Å². The zero-order valence-corrected chi connectivity index (χ0v) is 26.8. The molecule has 0 spiro atoms. The van der Waals surface area contributed by atoms with E-state index >= 15 is 4.39 Å². The van der Waals surface area contributed by atoms with Crippen molar-refractivity contribution in [2.75, 3.05) is 30.4 Å². The lowest BCUT2D eigenvalue weighted by molar-refractivity contribution is -0.0492. The molecule has 4 aromatic heterocycles. The number of hydrogen-bond donors (Lipinski definition) is 6. The van der Waals surface area contributed by atoms with Gasteiger partial charge in [-0.05, 0) is 24.0 Å². The lowest BCUT2D eigenvalue weighted by Gasteiger charge is -2.25. The van der Waals surface area contributed by atoms with E-state index in [1.54, 1.807) is 0 Å².